The number of benzene rings is 1. The van der Waals surface area contributed by atoms with E-state index in [0.29, 0.717) is 31.9 Å². The molecule has 1 heterocycles. The van der Waals surface area contributed by atoms with Gasteiger partial charge >= 0.3 is 0 Å². The summed E-state index contributed by atoms with van der Waals surface area (Å²) in [5.41, 5.74) is 6.73. The molecule has 0 spiro atoms. The Morgan fingerprint density at radius 3 is 2.85 bits per heavy atom. The van der Waals surface area contributed by atoms with Crippen molar-refractivity contribution < 1.29 is 14.6 Å². The number of morpholine rings is 1. The minimum absolute atomic E-state index is 0.0915. The molecule has 20 heavy (non-hydrogen) atoms. The summed E-state index contributed by atoms with van der Waals surface area (Å²) in [6.45, 7) is 1.60. The molecule has 1 amide bonds. The molecule has 1 unspecified atom stereocenters. The van der Waals surface area contributed by atoms with Crippen molar-refractivity contribution in [2.24, 2.45) is 5.73 Å². The van der Waals surface area contributed by atoms with E-state index in [1.54, 1.807) is 29.2 Å². The Kier molecular flexibility index (Phi) is 5.13. The number of nitrogens with two attached hydrogens (primary N) is 1. The summed E-state index contributed by atoms with van der Waals surface area (Å²) in [6.07, 6.45) is 0. The third-order valence-electron chi connectivity index (χ3n) is 3.17. The van der Waals surface area contributed by atoms with Gasteiger partial charge in [-0.25, -0.2) is 0 Å². The van der Waals surface area contributed by atoms with Crippen LogP contribution in [0.3, 0.4) is 0 Å². The van der Waals surface area contributed by atoms with Crippen molar-refractivity contribution in [3.05, 3.63) is 35.4 Å². The topological polar surface area (TPSA) is 75.8 Å². The maximum Gasteiger partial charge on any atom is 0.254 e. The summed E-state index contributed by atoms with van der Waals surface area (Å²) in [6, 6.07) is 6.81. The molecule has 1 saturated heterocycles. The number of aliphatic hydroxyl groups excluding tert-OH is 1. The van der Waals surface area contributed by atoms with E-state index in [0.717, 1.165) is 5.56 Å². The van der Waals surface area contributed by atoms with Crippen LogP contribution in [-0.2, 0) is 4.74 Å². The first kappa shape index (κ1) is 14.5. The fourth-order valence-corrected chi connectivity index (χ4v) is 2.09. The number of ether oxygens (including phenoxy) is 1. The molecule has 0 saturated carbocycles. The summed E-state index contributed by atoms with van der Waals surface area (Å²) in [5.74, 6) is 5.58. The third-order valence-corrected chi connectivity index (χ3v) is 3.17. The Morgan fingerprint density at radius 1 is 1.45 bits per heavy atom. The largest absolute Gasteiger partial charge is 0.394 e. The van der Waals surface area contributed by atoms with E-state index in [1.165, 1.54) is 0 Å². The minimum Gasteiger partial charge on any atom is -0.394 e. The minimum atomic E-state index is -0.270. The van der Waals surface area contributed by atoms with Crippen LogP contribution in [0.25, 0.3) is 0 Å². The van der Waals surface area contributed by atoms with Gasteiger partial charge in [0.15, 0.2) is 0 Å². The molecule has 0 aromatic heterocycles. The van der Waals surface area contributed by atoms with Gasteiger partial charge in [0.2, 0.25) is 0 Å². The summed E-state index contributed by atoms with van der Waals surface area (Å²) >= 11 is 0. The van der Waals surface area contributed by atoms with Crippen LogP contribution in [0.15, 0.2) is 24.3 Å². The van der Waals surface area contributed by atoms with Gasteiger partial charge in [-0.05, 0) is 24.3 Å². The van der Waals surface area contributed by atoms with Gasteiger partial charge in [0.25, 0.3) is 5.91 Å². The highest BCUT2D eigenvalue weighted by Crippen LogP contribution is 2.13. The molecule has 3 N–H and O–H groups in total. The van der Waals surface area contributed by atoms with Crippen LogP contribution in [0.4, 0.5) is 0 Å². The lowest BCUT2D eigenvalue weighted by Crippen LogP contribution is -2.50. The van der Waals surface area contributed by atoms with E-state index in [2.05, 4.69) is 11.8 Å². The van der Waals surface area contributed by atoms with Gasteiger partial charge in [-0.15, -0.1) is 0 Å². The van der Waals surface area contributed by atoms with E-state index >= 15 is 0 Å². The first-order chi connectivity index (χ1) is 9.76. The Bertz CT molecular complexity index is 516. The SMILES string of the molecule is NCC#Cc1ccc(C(=O)N2CCOCC2CO)cc1. The van der Waals surface area contributed by atoms with Crippen molar-refractivity contribution >= 4 is 5.91 Å². The van der Waals surface area contributed by atoms with Gasteiger partial charge in [-0.2, -0.15) is 0 Å². The van der Waals surface area contributed by atoms with Crippen LogP contribution in [0.1, 0.15) is 15.9 Å². The predicted molar refractivity (Wildman–Crippen MR) is 75.1 cm³/mol. The van der Waals surface area contributed by atoms with Crippen LogP contribution >= 0.6 is 0 Å². The molecule has 5 heteroatoms. The van der Waals surface area contributed by atoms with Crippen molar-refractivity contribution in [1.29, 1.82) is 0 Å². The Balaban J connectivity index is 2.12. The van der Waals surface area contributed by atoms with E-state index in [1.807, 2.05) is 0 Å². The summed E-state index contributed by atoms with van der Waals surface area (Å²) in [5, 5.41) is 9.29. The monoisotopic (exact) mass is 274 g/mol. The zero-order chi connectivity index (χ0) is 14.4. The second kappa shape index (κ2) is 7.06. The van der Waals surface area contributed by atoms with E-state index in [4.69, 9.17) is 10.5 Å². The highest BCUT2D eigenvalue weighted by molar-refractivity contribution is 5.94. The zero-order valence-electron chi connectivity index (χ0n) is 11.2. The lowest BCUT2D eigenvalue weighted by molar-refractivity contribution is -0.0183. The van der Waals surface area contributed by atoms with Gasteiger partial charge in [0, 0.05) is 17.7 Å². The molecule has 5 nitrogen and oxygen atoms in total. The first-order valence-electron chi connectivity index (χ1n) is 6.55. The Hall–Kier alpha value is -1.87. The molecule has 1 aromatic carbocycles. The van der Waals surface area contributed by atoms with Crippen LogP contribution in [0.2, 0.25) is 0 Å². The molecule has 1 fully saturated rings. The smallest absolute Gasteiger partial charge is 0.254 e. The number of carbonyl (C=O) groups excluding carboxylic acids is 1. The number of hydrogen-bond acceptors (Lipinski definition) is 4. The highest BCUT2D eigenvalue weighted by Gasteiger charge is 2.27. The number of amides is 1. The van der Waals surface area contributed by atoms with E-state index in [9.17, 15) is 9.90 Å². The molecule has 1 aliphatic heterocycles. The van der Waals surface area contributed by atoms with Crippen LogP contribution in [-0.4, -0.2) is 54.9 Å². The van der Waals surface area contributed by atoms with Gasteiger partial charge in [-0.3, -0.25) is 4.79 Å². The fraction of sp³-hybridized carbons (Fsp3) is 0.400. The number of carbonyl (C=O) groups is 1. The van der Waals surface area contributed by atoms with Gasteiger partial charge < -0.3 is 20.5 Å². The third kappa shape index (κ3) is 3.36. The molecule has 106 valence electrons. The number of rotatable bonds is 2. The van der Waals surface area contributed by atoms with Gasteiger partial charge in [0.05, 0.1) is 32.4 Å². The average Bonchev–Trinajstić information content (AvgIpc) is 2.52. The summed E-state index contributed by atoms with van der Waals surface area (Å²) < 4.78 is 5.27. The molecule has 0 bridgehead atoms. The van der Waals surface area contributed by atoms with Crippen LogP contribution in [0, 0.1) is 11.8 Å². The Labute approximate surface area is 118 Å². The van der Waals surface area contributed by atoms with Crippen molar-refractivity contribution in [3.8, 4) is 11.8 Å². The molecular weight excluding hydrogens is 256 g/mol. The van der Waals surface area contributed by atoms with Crippen LogP contribution in [0.5, 0.6) is 0 Å². The molecule has 0 radical (unpaired) electrons. The molecule has 0 aliphatic carbocycles. The van der Waals surface area contributed by atoms with Gasteiger partial charge in [0.1, 0.15) is 0 Å². The molecule has 1 aromatic rings. The quantitative estimate of drug-likeness (QED) is 0.734. The number of aliphatic hydroxyl groups is 1. The molecule has 1 aliphatic rings. The van der Waals surface area contributed by atoms with E-state index < -0.39 is 0 Å². The van der Waals surface area contributed by atoms with Crippen molar-refractivity contribution in [3.63, 3.8) is 0 Å². The zero-order valence-corrected chi connectivity index (χ0v) is 11.2. The second-order valence-electron chi connectivity index (χ2n) is 4.49. The summed E-state index contributed by atoms with van der Waals surface area (Å²) in [4.78, 5) is 14.1. The van der Waals surface area contributed by atoms with Gasteiger partial charge in [-0.1, -0.05) is 11.8 Å². The second-order valence-corrected chi connectivity index (χ2v) is 4.49. The van der Waals surface area contributed by atoms with Crippen molar-refractivity contribution in [2.75, 3.05) is 32.9 Å². The molecular formula is C15H18N2O3. The normalized spacial score (nSPS) is 18.3. The maximum absolute atomic E-state index is 12.4. The average molecular weight is 274 g/mol. The Morgan fingerprint density at radius 2 is 2.20 bits per heavy atom. The fourth-order valence-electron chi connectivity index (χ4n) is 2.09. The molecule has 2 rings (SSSR count). The summed E-state index contributed by atoms with van der Waals surface area (Å²) in [7, 11) is 0. The predicted octanol–water partition coefficient (Wildman–Crippen LogP) is -0.170. The molecule has 1 atom stereocenters. The standard InChI is InChI=1S/C15H18N2O3/c16-7-1-2-12-3-5-13(6-4-12)15(19)17-8-9-20-11-14(17)10-18/h3-6,14,18H,7-11,16H2. The number of hydrogen-bond donors (Lipinski definition) is 2. The lowest BCUT2D eigenvalue weighted by atomic mass is 10.1. The van der Waals surface area contributed by atoms with E-state index in [-0.39, 0.29) is 18.6 Å². The number of nitrogens with zero attached hydrogens (tertiary/aromatic N) is 1. The van der Waals surface area contributed by atoms with Crippen LogP contribution < -0.4 is 5.73 Å². The highest BCUT2D eigenvalue weighted by atomic mass is 16.5. The van der Waals surface area contributed by atoms with Crippen molar-refractivity contribution in [1.82, 2.24) is 4.90 Å². The van der Waals surface area contributed by atoms with Crippen molar-refractivity contribution in [2.45, 2.75) is 6.04 Å². The first-order valence-corrected chi connectivity index (χ1v) is 6.55. The lowest BCUT2D eigenvalue weighted by Gasteiger charge is -2.34. The maximum atomic E-state index is 12.4.